The Balaban J connectivity index is 1.31. The Labute approximate surface area is 303 Å². The second-order valence-corrected chi connectivity index (χ2v) is 18.2. The van der Waals surface area contributed by atoms with Gasteiger partial charge < -0.3 is 25.8 Å². The number of carboxylic acids is 1. The highest BCUT2D eigenvalue weighted by Crippen LogP contribution is 2.43. The first kappa shape index (κ1) is 35.3. The van der Waals surface area contributed by atoms with Crippen LogP contribution in [0, 0.1) is 0 Å². The number of nitrogens with one attached hydrogen (secondary N) is 1. The van der Waals surface area contributed by atoms with Gasteiger partial charge >= 0.3 is 5.97 Å². The maximum atomic E-state index is 13.6. The number of hydrogen-bond donors (Lipinski definition) is 3. The van der Waals surface area contributed by atoms with Crippen molar-refractivity contribution >= 4 is 59.7 Å². The number of aromatic nitrogens is 2. The number of nitrogens with zero attached hydrogens (tertiary/aromatic N) is 4. The number of anilines is 2. The monoisotopic (exact) mass is 719 g/mol. The lowest BCUT2D eigenvalue weighted by Crippen LogP contribution is -2.49. The van der Waals surface area contributed by atoms with Gasteiger partial charge in [-0.05, 0) is 80.2 Å². The zero-order chi connectivity index (χ0) is 36.6. The fourth-order valence-electron chi connectivity index (χ4n) is 6.43. The Morgan fingerprint density at radius 2 is 1.69 bits per heavy atom. The average Bonchev–Trinajstić information content (AvgIpc) is 3.09. The van der Waals surface area contributed by atoms with Crippen molar-refractivity contribution in [2.45, 2.75) is 26.2 Å². The van der Waals surface area contributed by atoms with E-state index in [1.165, 1.54) is 22.5 Å². The number of carboxylic acid groups (broad SMARTS) is 1. The fraction of sp³-hybridized carbons (Fsp3) is 0.205. The third kappa shape index (κ3) is 7.21. The summed E-state index contributed by atoms with van der Waals surface area (Å²) in [5.74, 6) is -1.06. The molecule has 0 saturated carbocycles. The molecule has 0 atom stereocenters. The van der Waals surface area contributed by atoms with Gasteiger partial charge in [-0.2, -0.15) is 4.98 Å². The summed E-state index contributed by atoms with van der Waals surface area (Å²) in [7, 11) is 5.83. The van der Waals surface area contributed by atoms with Crippen molar-refractivity contribution in [3.8, 4) is 5.88 Å². The Bertz CT molecular complexity index is 2180. The summed E-state index contributed by atoms with van der Waals surface area (Å²) in [4.78, 5) is 36.3. The van der Waals surface area contributed by atoms with E-state index in [2.05, 4.69) is 74.3 Å². The third-order valence-corrected chi connectivity index (χ3v) is 13.0. The minimum Gasteiger partial charge on any atom is -0.478 e. The van der Waals surface area contributed by atoms with Crippen LogP contribution in [0.5, 0.6) is 5.88 Å². The Morgan fingerprint density at radius 3 is 2.35 bits per heavy atom. The number of nitrogen functional groups attached to an aromatic ring is 1. The number of aromatic carboxylic acids is 1. The van der Waals surface area contributed by atoms with Crippen LogP contribution in [0.3, 0.4) is 0 Å². The van der Waals surface area contributed by atoms with Crippen LogP contribution in [0.4, 0.5) is 11.6 Å². The van der Waals surface area contributed by atoms with Gasteiger partial charge in [0.25, 0.3) is 5.91 Å². The zero-order valence-electron chi connectivity index (χ0n) is 29.4. The van der Waals surface area contributed by atoms with E-state index in [0.29, 0.717) is 11.1 Å². The van der Waals surface area contributed by atoms with Crippen LogP contribution in [-0.4, -0.2) is 73.5 Å². The van der Waals surface area contributed by atoms with Crippen LogP contribution >= 0.6 is 11.6 Å². The van der Waals surface area contributed by atoms with E-state index in [1.807, 2.05) is 52.5 Å². The van der Waals surface area contributed by atoms with Gasteiger partial charge in [0.2, 0.25) is 11.8 Å². The highest BCUT2D eigenvalue weighted by atomic mass is 35.5. The summed E-state index contributed by atoms with van der Waals surface area (Å²) in [6.07, 6.45) is 6.41. The lowest BCUT2D eigenvalue weighted by Gasteiger charge is -2.38. The Hall–Kier alpha value is -5.52. The summed E-state index contributed by atoms with van der Waals surface area (Å²) in [6.45, 7) is 5.20. The molecule has 0 bridgehead atoms. The molecular formula is C39H40ClN6O4Si+. The second kappa shape index (κ2) is 14.0. The molecule has 4 N–H and O–H groups in total. The molecule has 4 aromatic rings. The van der Waals surface area contributed by atoms with E-state index in [9.17, 15) is 14.7 Å². The molecule has 0 unspecified atom stereocenters. The number of carbonyl (C=O) groups is 2. The van der Waals surface area contributed by atoms with Crippen LogP contribution in [0.25, 0.3) is 5.57 Å². The first-order valence-electron chi connectivity index (χ1n) is 16.4. The van der Waals surface area contributed by atoms with Gasteiger partial charge in [0.1, 0.15) is 33.9 Å². The number of fused-ring (bicyclic) bond motifs is 2. The largest absolute Gasteiger partial charge is 0.478 e. The first-order valence-corrected chi connectivity index (χ1v) is 19.8. The Morgan fingerprint density at radius 1 is 0.961 bits per heavy atom. The highest BCUT2D eigenvalue weighted by molar-refractivity contribution is 6.98. The van der Waals surface area contributed by atoms with Crippen LogP contribution in [0.15, 0.2) is 95.7 Å². The summed E-state index contributed by atoms with van der Waals surface area (Å²) in [6, 6.07) is 20.3. The summed E-state index contributed by atoms with van der Waals surface area (Å²) in [5.41, 5.74) is 13.4. The third-order valence-electron chi connectivity index (χ3n) is 9.26. The van der Waals surface area contributed by atoms with Crippen LogP contribution < -0.4 is 25.9 Å². The van der Waals surface area contributed by atoms with Crippen molar-refractivity contribution in [3.05, 3.63) is 134 Å². The number of hydrogen-bond acceptors (Lipinski definition) is 7. The van der Waals surface area contributed by atoms with E-state index in [1.54, 1.807) is 12.1 Å². The van der Waals surface area contributed by atoms with Gasteiger partial charge in [-0.15, -0.1) is 0 Å². The van der Waals surface area contributed by atoms with Gasteiger partial charge in [-0.1, -0.05) is 55.0 Å². The van der Waals surface area contributed by atoms with Gasteiger partial charge in [-0.3, -0.25) is 4.79 Å². The number of nitrogens with two attached hydrogens (primary N) is 1. The maximum Gasteiger partial charge on any atom is 0.336 e. The molecule has 1 aromatic heterocycles. The van der Waals surface area contributed by atoms with Gasteiger partial charge in [0.15, 0.2) is 5.71 Å². The number of allylic oxidation sites excluding steroid dienone is 5. The number of rotatable bonds is 9. The molecule has 1 aliphatic carbocycles. The topological polar surface area (TPSA) is 134 Å². The molecule has 12 heteroatoms. The lowest BCUT2D eigenvalue weighted by molar-refractivity contribution is -0.462. The molecule has 6 rings (SSSR count). The smallest absolute Gasteiger partial charge is 0.336 e. The average molecular weight is 720 g/mol. The van der Waals surface area contributed by atoms with E-state index < -0.39 is 14.0 Å². The van der Waals surface area contributed by atoms with Gasteiger partial charge in [-0.25, -0.2) is 14.4 Å². The Kier molecular flexibility index (Phi) is 9.70. The van der Waals surface area contributed by atoms with E-state index in [-0.39, 0.29) is 41.6 Å². The van der Waals surface area contributed by atoms with Gasteiger partial charge in [0.05, 0.1) is 5.56 Å². The van der Waals surface area contributed by atoms with E-state index in [4.69, 9.17) is 22.1 Å². The molecule has 1 aliphatic heterocycles. The SMILES string of the molecule is CN(C)c1ccc2c(c1)[Si](C)(C)C1=CC(=[N+](C)C)C=CC1=C2c1cc(C(=O)NCc2ccc(COc3cc(Cl)nc(N)n3)cc2)ccc1C(=O)O. The highest BCUT2D eigenvalue weighted by Gasteiger charge is 2.41. The standard InChI is InChI=1S/C39H39ClN6O4Si/c1-45(2)26-12-15-29-32(18-26)51(5,6)33-19-27(46(3)4)13-16-30(33)36(29)31-17-25(11-14-28(31)38(48)49)37(47)42-21-23-7-9-24(10-8-23)22-50-35-20-34(40)43-39(41)44-35/h7-20H,21-22H2,1-6H3,(H3-,41,42,43,44,47,48,49)/p+1. The molecule has 51 heavy (non-hydrogen) atoms. The number of carbonyl (C=O) groups excluding carboxylic acids is 1. The quantitative estimate of drug-likeness (QED) is 0.118. The van der Waals surface area contributed by atoms with Crippen molar-refractivity contribution in [1.29, 1.82) is 0 Å². The normalized spacial score (nSPS) is 14.3. The number of benzene rings is 3. The van der Waals surface area contributed by atoms with Crippen LogP contribution in [-0.2, 0) is 13.2 Å². The molecular weight excluding hydrogens is 680 g/mol. The molecule has 0 fully saturated rings. The van der Waals surface area contributed by atoms with Crippen LogP contribution in [0.2, 0.25) is 18.2 Å². The molecule has 0 saturated heterocycles. The fourth-order valence-corrected chi connectivity index (χ4v) is 9.68. The van der Waals surface area contributed by atoms with Crippen molar-refractivity contribution in [3.63, 3.8) is 0 Å². The van der Waals surface area contributed by atoms with Crippen molar-refractivity contribution in [1.82, 2.24) is 15.3 Å². The number of halogens is 1. The van der Waals surface area contributed by atoms with Crippen molar-refractivity contribution in [2.24, 2.45) is 0 Å². The second-order valence-electron chi connectivity index (χ2n) is 13.5. The number of ether oxygens (including phenoxy) is 1. The first-order chi connectivity index (χ1) is 24.2. The molecule has 0 spiro atoms. The summed E-state index contributed by atoms with van der Waals surface area (Å²) in [5, 5.41) is 16.0. The number of amides is 1. The predicted octanol–water partition coefficient (Wildman–Crippen LogP) is 5.46. The van der Waals surface area contributed by atoms with E-state index in [0.717, 1.165) is 39.2 Å². The summed E-state index contributed by atoms with van der Waals surface area (Å²) >= 11 is 5.93. The minimum absolute atomic E-state index is 0.0306. The molecule has 0 radical (unpaired) electrons. The molecule has 2 aliphatic rings. The minimum atomic E-state index is -2.25. The van der Waals surface area contributed by atoms with Crippen molar-refractivity contribution in [2.75, 3.05) is 38.8 Å². The van der Waals surface area contributed by atoms with Crippen LogP contribution in [0.1, 0.15) is 43.0 Å². The van der Waals surface area contributed by atoms with Gasteiger partial charge in [0, 0.05) is 50.1 Å². The molecule has 2 heterocycles. The zero-order valence-corrected chi connectivity index (χ0v) is 31.2. The molecule has 10 nitrogen and oxygen atoms in total. The summed E-state index contributed by atoms with van der Waals surface area (Å²) < 4.78 is 7.78. The predicted molar refractivity (Wildman–Crippen MR) is 205 cm³/mol. The lowest BCUT2D eigenvalue weighted by atomic mass is 9.86. The van der Waals surface area contributed by atoms with E-state index >= 15 is 0 Å². The molecule has 3 aromatic carbocycles. The molecule has 260 valence electrons. The molecule has 1 amide bonds. The maximum absolute atomic E-state index is 13.6. The van der Waals surface area contributed by atoms with Crippen molar-refractivity contribution < 1.29 is 24.0 Å².